The number of hydrogen-bond donors (Lipinski definition) is 1. The summed E-state index contributed by atoms with van der Waals surface area (Å²) in [5.74, 6) is 0.124. The summed E-state index contributed by atoms with van der Waals surface area (Å²) in [6.07, 6.45) is 1.81. The Balaban J connectivity index is 1.85. The Bertz CT molecular complexity index is 545. The molecule has 2 aromatic rings. The van der Waals surface area contributed by atoms with Crippen molar-refractivity contribution in [2.75, 3.05) is 12.3 Å². The predicted octanol–water partition coefficient (Wildman–Crippen LogP) is 4.02. The first-order valence-electron chi connectivity index (χ1n) is 6.08. The summed E-state index contributed by atoms with van der Waals surface area (Å²) in [6.45, 7) is 0.527. The minimum absolute atomic E-state index is 0.298. The van der Waals surface area contributed by atoms with E-state index in [1.165, 1.54) is 11.6 Å². The van der Waals surface area contributed by atoms with Gasteiger partial charge < -0.3 is 10.5 Å². The van der Waals surface area contributed by atoms with Crippen molar-refractivity contribution in [2.24, 2.45) is 0 Å². The molecule has 0 bridgehead atoms. The Morgan fingerprint density at radius 2 is 1.89 bits per heavy atom. The van der Waals surface area contributed by atoms with Gasteiger partial charge in [0.25, 0.3) is 0 Å². The van der Waals surface area contributed by atoms with Crippen LogP contribution in [0.5, 0.6) is 5.75 Å². The summed E-state index contributed by atoms with van der Waals surface area (Å²) in [5, 5.41) is 0. The van der Waals surface area contributed by atoms with Gasteiger partial charge in [0, 0.05) is 6.07 Å². The van der Waals surface area contributed by atoms with Crippen LogP contribution in [0.1, 0.15) is 12.0 Å². The third kappa shape index (κ3) is 4.09. The summed E-state index contributed by atoms with van der Waals surface area (Å²) in [5.41, 5.74) is 7.54. The van der Waals surface area contributed by atoms with E-state index in [-0.39, 0.29) is 5.82 Å². The van der Waals surface area contributed by atoms with Gasteiger partial charge in [0.2, 0.25) is 0 Å². The van der Waals surface area contributed by atoms with E-state index in [9.17, 15) is 4.39 Å². The number of hydrogen-bond acceptors (Lipinski definition) is 2. The zero-order valence-electron chi connectivity index (χ0n) is 10.4. The Morgan fingerprint density at radius 1 is 1.16 bits per heavy atom. The number of ether oxygens (including phenoxy) is 1. The van der Waals surface area contributed by atoms with E-state index in [2.05, 4.69) is 12.1 Å². The quantitative estimate of drug-likeness (QED) is 0.490. The Kier molecular flexibility index (Phi) is 5.01. The zero-order valence-corrected chi connectivity index (χ0v) is 12.6. The van der Waals surface area contributed by atoms with E-state index in [1.807, 2.05) is 40.8 Å². The first-order chi connectivity index (χ1) is 9.16. The molecule has 0 saturated carbocycles. The number of halogens is 2. The average molecular weight is 371 g/mol. The van der Waals surface area contributed by atoms with Gasteiger partial charge >= 0.3 is 0 Å². The number of rotatable bonds is 5. The van der Waals surface area contributed by atoms with Crippen molar-refractivity contribution >= 4 is 28.3 Å². The fourth-order valence-electron chi connectivity index (χ4n) is 1.77. The van der Waals surface area contributed by atoms with E-state index < -0.39 is 0 Å². The third-order valence-electron chi connectivity index (χ3n) is 2.76. The lowest BCUT2D eigenvalue weighted by Gasteiger charge is -2.09. The highest BCUT2D eigenvalue weighted by Crippen LogP contribution is 2.26. The molecular weight excluding hydrogens is 356 g/mol. The average Bonchev–Trinajstić information content (AvgIpc) is 2.41. The van der Waals surface area contributed by atoms with Gasteiger partial charge in [-0.2, -0.15) is 0 Å². The van der Waals surface area contributed by atoms with Crippen molar-refractivity contribution < 1.29 is 9.13 Å². The SMILES string of the molecule is Nc1cc(I)c(F)cc1OCCCc1ccccc1. The molecule has 0 aliphatic heterocycles. The highest BCUT2D eigenvalue weighted by molar-refractivity contribution is 14.1. The van der Waals surface area contributed by atoms with Crippen LogP contribution in [0.25, 0.3) is 0 Å². The van der Waals surface area contributed by atoms with Crippen molar-refractivity contribution in [1.82, 2.24) is 0 Å². The molecular formula is C15H15FINO. The van der Waals surface area contributed by atoms with Crippen LogP contribution in [0.3, 0.4) is 0 Å². The lowest BCUT2D eigenvalue weighted by Crippen LogP contribution is -2.03. The van der Waals surface area contributed by atoms with Crippen LogP contribution in [0.15, 0.2) is 42.5 Å². The molecule has 0 radical (unpaired) electrons. The molecule has 2 nitrogen and oxygen atoms in total. The molecule has 0 fully saturated rings. The Hall–Kier alpha value is -1.30. The summed E-state index contributed by atoms with van der Waals surface area (Å²) in [6, 6.07) is 13.1. The molecule has 0 aliphatic rings. The molecule has 19 heavy (non-hydrogen) atoms. The molecule has 0 aliphatic carbocycles. The second-order valence-electron chi connectivity index (χ2n) is 4.24. The lowest BCUT2D eigenvalue weighted by atomic mass is 10.1. The molecule has 0 spiro atoms. The smallest absolute Gasteiger partial charge is 0.145 e. The zero-order chi connectivity index (χ0) is 13.7. The minimum atomic E-state index is -0.298. The van der Waals surface area contributed by atoms with Gasteiger partial charge in [-0.3, -0.25) is 0 Å². The van der Waals surface area contributed by atoms with Crippen LogP contribution in [0.4, 0.5) is 10.1 Å². The van der Waals surface area contributed by atoms with E-state index in [0.29, 0.717) is 21.6 Å². The summed E-state index contributed by atoms with van der Waals surface area (Å²) >= 11 is 1.91. The lowest BCUT2D eigenvalue weighted by molar-refractivity contribution is 0.311. The van der Waals surface area contributed by atoms with E-state index >= 15 is 0 Å². The summed E-state index contributed by atoms with van der Waals surface area (Å²) in [4.78, 5) is 0. The third-order valence-corrected chi connectivity index (χ3v) is 3.59. The van der Waals surface area contributed by atoms with Gasteiger partial charge in [0.15, 0.2) is 0 Å². The van der Waals surface area contributed by atoms with Gasteiger partial charge in [-0.1, -0.05) is 30.3 Å². The first-order valence-corrected chi connectivity index (χ1v) is 7.16. The van der Waals surface area contributed by atoms with Crippen molar-refractivity contribution in [3.63, 3.8) is 0 Å². The highest BCUT2D eigenvalue weighted by atomic mass is 127. The number of nitrogens with two attached hydrogens (primary N) is 1. The minimum Gasteiger partial charge on any atom is -0.491 e. The molecule has 0 aromatic heterocycles. The fourth-order valence-corrected chi connectivity index (χ4v) is 2.26. The Morgan fingerprint density at radius 3 is 2.63 bits per heavy atom. The van der Waals surface area contributed by atoms with Gasteiger partial charge in [-0.15, -0.1) is 0 Å². The standard InChI is InChI=1S/C15H15FINO/c16-12-9-15(14(18)10-13(12)17)19-8-4-7-11-5-2-1-3-6-11/h1-3,5-6,9-10H,4,7-8,18H2. The topological polar surface area (TPSA) is 35.2 Å². The van der Waals surface area contributed by atoms with Gasteiger partial charge in [0.05, 0.1) is 15.9 Å². The van der Waals surface area contributed by atoms with Crippen molar-refractivity contribution in [1.29, 1.82) is 0 Å². The van der Waals surface area contributed by atoms with Crippen LogP contribution in [0.2, 0.25) is 0 Å². The fraction of sp³-hybridized carbons (Fsp3) is 0.200. The van der Waals surface area contributed by atoms with Crippen LogP contribution in [-0.4, -0.2) is 6.61 Å². The maximum atomic E-state index is 13.4. The maximum absolute atomic E-state index is 13.4. The van der Waals surface area contributed by atoms with Gasteiger partial charge in [0.1, 0.15) is 11.6 Å². The molecule has 0 saturated heterocycles. The first kappa shape index (κ1) is 14.1. The maximum Gasteiger partial charge on any atom is 0.145 e. The summed E-state index contributed by atoms with van der Waals surface area (Å²) in [7, 11) is 0. The van der Waals surface area contributed by atoms with Crippen LogP contribution in [-0.2, 0) is 6.42 Å². The van der Waals surface area contributed by atoms with Crippen LogP contribution in [0, 0.1) is 9.39 Å². The van der Waals surface area contributed by atoms with Gasteiger partial charge in [-0.05, 0) is 47.1 Å². The number of aryl methyl sites for hydroxylation is 1. The molecule has 0 heterocycles. The molecule has 0 amide bonds. The molecule has 0 unspecified atom stereocenters. The van der Waals surface area contributed by atoms with Crippen molar-refractivity contribution in [3.05, 3.63) is 57.4 Å². The number of anilines is 1. The molecule has 4 heteroatoms. The molecule has 2 N–H and O–H groups in total. The number of nitrogen functional groups attached to an aromatic ring is 1. The largest absolute Gasteiger partial charge is 0.491 e. The van der Waals surface area contributed by atoms with Crippen LogP contribution < -0.4 is 10.5 Å². The molecule has 0 atom stereocenters. The number of benzene rings is 2. The summed E-state index contributed by atoms with van der Waals surface area (Å²) < 4.78 is 19.4. The van der Waals surface area contributed by atoms with Gasteiger partial charge in [-0.25, -0.2) is 4.39 Å². The van der Waals surface area contributed by atoms with E-state index in [1.54, 1.807) is 6.07 Å². The second kappa shape index (κ2) is 6.75. The highest BCUT2D eigenvalue weighted by Gasteiger charge is 2.06. The van der Waals surface area contributed by atoms with Crippen LogP contribution >= 0.6 is 22.6 Å². The van der Waals surface area contributed by atoms with Crippen molar-refractivity contribution in [2.45, 2.75) is 12.8 Å². The Labute approximate surface area is 125 Å². The van der Waals surface area contributed by atoms with E-state index in [0.717, 1.165) is 12.8 Å². The van der Waals surface area contributed by atoms with Crippen molar-refractivity contribution in [3.8, 4) is 5.75 Å². The second-order valence-corrected chi connectivity index (χ2v) is 5.40. The monoisotopic (exact) mass is 371 g/mol. The van der Waals surface area contributed by atoms with E-state index in [4.69, 9.17) is 10.5 Å². The molecule has 100 valence electrons. The molecule has 2 aromatic carbocycles. The molecule has 2 rings (SSSR count). The predicted molar refractivity (Wildman–Crippen MR) is 83.8 cm³/mol. The normalized spacial score (nSPS) is 10.4.